The van der Waals surface area contributed by atoms with Crippen LogP contribution in [-0.4, -0.2) is 58.9 Å². The maximum absolute atomic E-state index is 12.0. The number of amides is 2. The van der Waals surface area contributed by atoms with Crippen LogP contribution in [0.15, 0.2) is 18.2 Å². The number of carbonyl (C=O) groups excluding carboxylic acids is 2. The topological polar surface area (TPSA) is 96.9 Å². The molecule has 130 valence electrons. The molecule has 0 spiro atoms. The molecule has 0 unspecified atom stereocenters. The molecule has 0 aromatic heterocycles. The van der Waals surface area contributed by atoms with Crippen LogP contribution in [0.5, 0.6) is 11.5 Å². The summed E-state index contributed by atoms with van der Waals surface area (Å²) in [6.45, 7) is 0.197. The third-order valence-electron chi connectivity index (χ3n) is 3.53. The fourth-order valence-electron chi connectivity index (χ4n) is 2.27. The maximum atomic E-state index is 12.0. The smallest absolute Gasteiger partial charge is 0.313 e. The van der Waals surface area contributed by atoms with Crippen LogP contribution < -0.4 is 20.1 Å². The molecular weight excluding hydrogens is 352 g/mol. The summed E-state index contributed by atoms with van der Waals surface area (Å²) in [4.78, 5) is 23.9. The van der Waals surface area contributed by atoms with E-state index in [-0.39, 0.29) is 13.3 Å². The highest BCUT2D eigenvalue weighted by Gasteiger charge is 2.30. The van der Waals surface area contributed by atoms with Gasteiger partial charge in [0.25, 0.3) is 0 Å². The van der Waals surface area contributed by atoms with E-state index in [0.29, 0.717) is 28.7 Å². The van der Waals surface area contributed by atoms with Crippen molar-refractivity contribution in [3.05, 3.63) is 18.2 Å². The van der Waals surface area contributed by atoms with Crippen LogP contribution in [-0.2, 0) is 9.59 Å². The molecule has 3 N–H and O–H groups in total. The lowest BCUT2D eigenvalue weighted by atomic mass is 10.1. The van der Waals surface area contributed by atoms with Gasteiger partial charge in [-0.1, -0.05) is 0 Å². The largest absolute Gasteiger partial charge is 0.454 e. The Balaban J connectivity index is 1.52. The summed E-state index contributed by atoms with van der Waals surface area (Å²) in [5.74, 6) is 2.61. The second-order valence-electron chi connectivity index (χ2n) is 5.53. The Kier molecular flexibility index (Phi) is 5.42. The Morgan fingerprint density at radius 2 is 1.83 bits per heavy atom. The molecule has 1 fully saturated rings. The van der Waals surface area contributed by atoms with E-state index < -0.39 is 17.4 Å². The minimum absolute atomic E-state index is 0.0559. The third-order valence-corrected chi connectivity index (χ3v) is 6.26. The number of rotatable bonds is 3. The standard InChI is InChI=1S/C15H18N2O5S2/c18-13(16-6-15(20)7-23-3-4-24-8-15)14(19)17-10-1-2-11-12(5-10)22-9-21-11/h1-2,5,20H,3-4,6-9H2,(H,16,18)(H,17,19). The van der Waals surface area contributed by atoms with Gasteiger partial charge in [0, 0.05) is 41.3 Å². The fourth-order valence-corrected chi connectivity index (χ4v) is 4.80. The molecule has 0 aliphatic carbocycles. The molecule has 0 bridgehead atoms. The van der Waals surface area contributed by atoms with Gasteiger partial charge in [-0.2, -0.15) is 23.5 Å². The van der Waals surface area contributed by atoms with E-state index in [4.69, 9.17) is 9.47 Å². The maximum Gasteiger partial charge on any atom is 0.313 e. The van der Waals surface area contributed by atoms with Gasteiger partial charge in [0.05, 0.1) is 5.60 Å². The highest BCUT2D eigenvalue weighted by molar-refractivity contribution is 8.03. The number of aliphatic hydroxyl groups is 1. The predicted molar refractivity (Wildman–Crippen MR) is 93.8 cm³/mol. The van der Waals surface area contributed by atoms with E-state index in [2.05, 4.69) is 10.6 Å². The molecule has 1 saturated heterocycles. The van der Waals surface area contributed by atoms with Crippen LogP contribution >= 0.6 is 23.5 Å². The molecule has 9 heteroatoms. The van der Waals surface area contributed by atoms with Crippen molar-refractivity contribution < 1.29 is 24.2 Å². The minimum atomic E-state index is -0.986. The summed E-state index contributed by atoms with van der Waals surface area (Å²) in [6, 6.07) is 4.89. The molecule has 2 amide bonds. The lowest BCUT2D eigenvalue weighted by Crippen LogP contribution is -2.49. The van der Waals surface area contributed by atoms with Crippen molar-refractivity contribution in [1.29, 1.82) is 0 Å². The number of nitrogens with one attached hydrogen (secondary N) is 2. The first-order chi connectivity index (χ1) is 11.6. The molecule has 24 heavy (non-hydrogen) atoms. The van der Waals surface area contributed by atoms with E-state index >= 15 is 0 Å². The quantitative estimate of drug-likeness (QED) is 0.673. The molecule has 0 radical (unpaired) electrons. The molecule has 1 aromatic carbocycles. The predicted octanol–water partition coefficient (Wildman–Crippen LogP) is 0.681. The lowest BCUT2D eigenvalue weighted by Gasteiger charge is -2.25. The highest BCUT2D eigenvalue weighted by Crippen LogP contribution is 2.34. The van der Waals surface area contributed by atoms with E-state index in [1.807, 2.05) is 0 Å². The Labute approximate surface area is 147 Å². The minimum Gasteiger partial charge on any atom is -0.454 e. The molecule has 0 saturated carbocycles. The van der Waals surface area contributed by atoms with Crippen molar-refractivity contribution in [1.82, 2.24) is 5.32 Å². The van der Waals surface area contributed by atoms with Crippen molar-refractivity contribution in [3.8, 4) is 11.5 Å². The number of benzene rings is 1. The zero-order valence-corrected chi connectivity index (χ0v) is 14.5. The van der Waals surface area contributed by atoms with Crippen molar-refractivity contribution in [3.63, 3.8) is 0 Å². The Bertz CT molecular complexity index is 632. The Morgan fingerprint density at radius 3 is 2.58 bits per heavy atom. The SMILES string of the molecule is O=C(NCC1(O)CSCCSC1)C(=O)Nc1ccc2c(c1)OCO2. The molecule has 2 aliphatic heterocycles. The summed E-state index contributed by atoms with van der Waals surface area (Å²) in [6.07, 6.45) is 0. The number of ether oxygens (including phenoxy) is 2. The van der Waals surface area contributed by atoms with Crippen molar-refractivity contribution >= 4 is 41.0 Å². The van der Waals surface area contributed by atoms with E-state index in [0.717, 1.165) is 11.5 Å². The first-order valence-electron chi connectivity index (χ1n) is 7.42. The van der Waals surface area contributed by atoms with Gasteiger partial charge in [-0.3, -0.25) is 9.59 Å². The molecule has 3 rings (SSSR count). The van der Waals surface area contributed by atoms with E-state index in [1.165, 1.54) is 0 Å². The van der Waals surface area contributed by atoms with Crippen molar-refractivity contribution in [2.24, 2.45) is 0 Å². The summed E-state index contributed by atoms with van der Waals surface area (Å²) in [5.41, 5.74) is -0.542. The first-order valence-corrected chi connectivity index (χ1v) is 9.73. The van der Waals surface area contributed by atoms with E-state index in [9.17, 15) is 14.7 Å². The van der Waals surface area contributed by atoms with Gasteiger partial charge >= 0.3 is 11.8 Å². The monoisotopic (exact) mass is 370 g/mol. The number of hydrogen-bond donors (Lipinski definition) is 3. The number of carbonyl (C=O) groups is 2. The molecular formula is C15H18N2O5S2. The van der Waals surface area contributed by atoms with E-state index in [1.54, 1.807) is 41.7 Å². The number of hydrogen-bond acceptors (Lipinski definition) is 7. The van der Waals surface area contributed by atoms with Crippen molar-refractivity contribution in [2.45, 2.75) is 5.60 Å². The Hall–Kier alpha value is -1.58. The molecule has 7 nitrogen and oxygen atoms in total. The second kappa shape index (κ2) is 7.54. The highest BCUT2D eigenvalue weighted by atomic mass is 32.2. The zero-order valence-electron chi connectivity index (χ0n) is 12.9. The second-order valence-corrected chi connectivity index (χ2v) is 7.74. The zero-order chi connectivity index (χ0) is 17.0. The van der Waals surface area contributed by atoms with Crippen LogP contribution in [0.3, 0.4) is 0 Å². The normalized spacial score (nSPS) is 18.5. The van der Waals surface area contributed by atoms with Crippen LogP contribution in [0.1, 0.15) is 0 Å². The number of thioether (sulfide) groups is 2. The number of anilines is 1. The van der Waals surface area contributed by atoms with Gasteiger partial charge < -0.3 is 25.2 Å². The van der Waals surface area contributed by atoms with Gasteiger partial charge in [0.15, 0.2) is 11.5 Å². The van der Waals surface area contributed by atoms with Crippen LogP contribution in [0, 0.1) is 0 Å². The third kappa shape index (κ3) is 4.28. The summed E-state index contributed by atoms with van der Waals surface area (Å²) >= 11 is 3.30. The van der Waals surface area contributed by atoms with Crippen LogP contribution in [0.4, 0.5) is 5.69 Å². The molecule has 0 atom stereocenters. The fraction of sp³-hybridized carbons (Fsp3) is 0.467. The molecule has 2 aliphatic rings. The Morgan fingerprint density at radius 1 is 1.12 bits per heavy atom. The molecule has 2 heterocycles. The average molecular weight is 370 g/mol. The van der Waals surface area contributed by atoms with Crippen LogP contribution in [0.25, 0.3) is 0 Å². The summed E-state index contributed by atoms with van der Waals surface area (Å²) in [5, 5.41) is 15.5. The average Bonchev–Trinajstić information content (AvgIpc) is 2.93. The summed E-state index contributed by atoms with van der Waals surface area (Å²) < 4.78 is 10.4. The van der Waals surface area contributed by atoms with Crippen LogP contribution in [0.2, 0.25) is 0 Å². The molecule has 1 aromatic rings. The van der Waals surface area contributed by atoms with Gasteiger partial charge in [0.1, 0.15) is 0 Å². The van der Waals surface area contributed by atoms with Gasteiger partial charge in [-0.25, -0.2) is 0 Å². The number of fused-ring (bicyclic) bond motifs is 1. The lowest BCUT2D eigenvalue weighted by molar-refractivity contribution is -0.136. The van der Waals surface area contributed by atoms with Gasteiger partial charge in [-0.05, 0) is 12.1 Å². The van der Waals surface area contributed by atoms with Gasteiger partial charge in [-0.15, -0.1) is 0 Å². The summed E-state index contributed by atoms with van der Waals surface area (Å²) in [7, 11) is 0. The first kappa shape index (κ1) is 17.2. The van der Waals surface area contributed by atoms with Gasteiger partial charge in [0.2, 0.25) is 6.79 Å². The van der Waals surface area contributed by atoms with Crippen molar-refractivity contribution in [2.75, 3.05) is 41.7 Å².